The van der Waals surface area contributed by atoms with Crippen molar-refractivity contribution in [1.82, 2.24) is 4.90 Å². The van der Waals surface area contributed by atoms with E-state index in [9.17, 15) is 9.90 Å². The van der Waals surface area contributed by atoms with E-state index < -0.39 is 5.60 Å². The number of piperidine rings is 1. The lowest BCUT2D eigenvalue weighted by Crippen LogP contribution is -2.52. The van der Waals surface area contributed by atoms with Gasteiger partial charge in [-0.05, 0) is 61.8 Å². The molecule has 174 valence electrons. The van der Waals surface area contributed by atoms with Crippen molar-refractivity contribution in [3.8, 4) is 0 Å². The second-order valence-electron chi connectivity index (χ2n) is 11.8. The molecule has 32 heavy (non-hydrogen) atoms. The summed E-state index contributed by atoms with van der Waals surface area (Å²) in [5, 5.41) is 11.1. The Morgan fingerprint density at radius 1 is 1.12 bits per heavy atom. The third-order valence-electron chi connectivity index (χ3n) is 9.70. The highest BCUT2D eigenvalue weighted by Crippen LogP contribution is 2.62. The Morgan fingerprint density at radius 3 is 2.59 bits per heavy atom. The molecule has 3 heterocycles. The molecule has 6 atom stereocenters. The molecule has 6 rings (SSSR count). The molecule has 3 saturated heterocycles. The minimum absolute atomic E-state index is 0.0122. The van der Waals surface area contributed by atoms with E-state index >= 15 is 0 Å². The standard InChI is InChI=1S/C27H37NO4/c1-25-8-5-9-27(18-31-27)23(25)14-20-21(24(29)32-22(20)16-25)17-28-12-10-26(30,11-13-28)15-19-6-3-2-4-7-19/h2-4,6-7,20-23,30H,5,8-18H2,1H3/t20-,21+,22+,23+,25+,27+/m0/s1. The Hall–Kier alpha value is -1.43. The van der Waals surface area contributed by atoms with Gasteiger partial charge in [0.15, 0.2) is 0 Å². The Bertz CT molecular complexity index is 860. The minimum Gasteiger partial charge on any atom is -0.462 e. The lowest BCUT2D eigenvalue weighted by molar-refractivity contribution is -0.147. The number of rotatable bonds is 4. The van der Waals surface area contributed by atoms with Crippen LogP contribution in [-0.4, -0.2) is 59.5 Å². The maximum absolute atomic E-state index is 12.9. The number of hydrogen-bond acceptors (Lipinski definition) is 5. The molecule has 1 aromatic rings. The van der Waals surface area contributed by atoms with Gasteiger partial charge in [-0.1, -0.05) is 37.3 Å². The summed E-state index contributed by atoms with van der Waals surface area (Å²) in [6.07, 6.45) is 8.06. The van der Waals surface area contributed by atoms with Gasteiger partial charge in [0.05, 0.1) is 23.7 Å². The Kier molecular flexibility index (Phi) is 4.98. The van der Waals surface area contributed by atoms with Crippen LogP contribution in [0.4, 0.5) is 0 Å². The lowest BCUT2D eigenvalue weighted by atomic mass is 9.53. The third kappa shape index (κ3) is 3.61. The Labute approximate surface area is 191 Å². The number of hydrogen-bond donors (Lipinski definition) is 1. The summed E-state index contributed by atoms with van der Waals surface area (Å²) >= 11 is 0. The second kappa shape index (κ2) is 7.54. The van der Waals surface area contributed by atoms with Crippen molar-refractivity contribution in [2.75, 3.05) is 26.2 Å². The molecule has 2 aliphatic carbocycles. The van der Waals surface area contributed by atoms with Crippen LogP contribution in [0.3, 0.4) is 0 Å². The van der Waals surface area contributed by atoms with Crippen molar-refractivity contribution in [2.45, 2.75) is 75.6 Å². The van der Waals surface area contributed by atoms with Gasteiger partial charge in [0, 0.05) is 32.0 Å². The molecule has 5 nitrogen and oxygen atoms in total. The van der Waals surface area contributed by atoms with Gasteiger partial charge < -0.3 is 19.5 Å². The highest BCUT2D eigenvalue weighted by atomic mass is 16.6. The zero-order chi connectivity index (χ0) is 22.0. The molecule has 0 amide bonds. The van der Waals surface area contributed by atoms with Gasteiger partial charge in [0.2, 0.25) is 0 Å². The molecular weight excluding hydrogens is 402 g/mol. The van der Waals surface area contributed by atoms with Crippen LogP contribution < -0.4 is 0 Å². The Morgan fingerprint density at radius 2 is 1.88 bits per heavy atom. The van der Waals surface area contributed by atoms with Crippen LogP contribution in [0.1, 0.15) is 57.4 Å². The normalized spacial score (nSPS) is 42.9. The highest BCUT2D eigenvalue weighted by molar-refractivity contribution is 5.75. The van der Waals surface area contributed by atoms with Gasteiger partial charge in [0.1, 0.15) is 6.10 Å². The molecule has 0 bridgehead atoms. The van der Waals surface area contributed by atoms with Crippen molar-refractivity contribution in [3.05, 3.63) is 35.9 Å². The van der Waals surface area contributed by atoms with Crippen LogP contribution in [0.2, 0.25) is 0 Å². The minimum atomic E-state index is -0.638. The molecule has 0 radical (unpaired) electrons. The number of carbonyl (C=O) groups is 1. The van der Waals surface area contributed by atoms with Crippen LogP contribution in [0.15, 0.2) is 30.3 Å². The molecule has 3 aliphatic heterocycles. The summed E-state index contributed by atoms with van der Waals surface area (Å²) in [5.74, 6) is 0.880. The number of aliphatic hydroxyl groups is 1. The van der Waals surface area contributed by atoms with Crippen LogP contribution in [0.5, 0.6) is 0 Å². The monoisotopic (exact) mass is 439 g/mol. The van der Waals surface area contributed by atoms with E-state index in [4.69, 9.17) is 9.47 Å². The fraction of sp³-hybridized carbons (Fsp3) is 0.741. The predicted octanol–water partition coefficient (Wildman–Crippen LogP) is 3.58. The summed E-state index contributed by atoms with van der Waals surface area (Å²) in [4.78, 5) is 15.3. The number of nitrogens with zero attached hydrogens (tertiary/aromatic N) is 1. The third-order valence-corrected chi connectivity index (χ3v) is 9.70. The maximum Gasteiger partial charge on any atom is 0.310 e. The average Bonchev–Trinajstić information content (AvgIpc) is 3.47. The first-order chi connectivity index (χ1) is 15.4. The lowest BCUT2D eigenvalue weighted by Gasteiger charge is -2.51. The molecule has 1 aromatic carbocycles. The molecule has 0 aromatic heterocycles. The van der Waals surface area contributed by atoms with Crippen LogP contribution in [-0.2, 0) is 20.7 Å². The van der Waals surface area contributed by atoms with E-state index in [-0.39, 0.29) is 29.0 Å². The largest absolute Gasteiger partial charge is 0.462 e. The van der Waals surface area contributed by atoms with E-state index in [1.165, 1.54) is 24.8 Å². The number of fused-ring (bicyclic) bond motifs is 3. The first kappa shape index (κ1) is 21.1. The first-order valence-corrected chi connectivity index (χ1v) is 12.7. The molecule has 2 saturated carbocycles. The van der Waals surface area contributed by atoms with Crippen molar-refractivity contribution >= 4 is 5.97 Å². The molecule has 1 N–H and O–H groups in total. The number of carbonyl (C=O) groups excluding carboxylic acids is 1. The van der Waals surface area contributed by atoms with Crippen LogP contribution >= 0.6 is 0 Å². The highest BCUT2D eigenvalue weighted by Gasteiger charge is 2.65. The quantitative estimate of drug-likeness (QED) is 0.574. The van der Waals surface area contributed by atoms with E-state index in [1.807, 2.05) is 18.2 Å². The van der Waals surface area contributed by atoms with Gasteiger partial charge in [-0.3, -0.25) is 4.79 Å². The van der Waals surface area contributed by atoms with Gasteiger partial charge in [-0.25, -0.2) is 0 Å². The first-order valence-electron chi connectivity index (χ1n) is 12.7. The number of benzene rings is 1. The molecule has 0 unspecified atom stereocenters. The fourth-order valence-corrected chi connectivity index (χ4v) is 7.75. The van der Waals surface area contributed by atoms with E-state index in [0.29, 0.717) is 18.3 Å². The maximum atomic E-state index is 12.9. The molecule has 5 fully saturated rings. The van der Waals surface area contributed by atoms with Crippen molar-refractivity contribution in [3.63, 3.8) is 0 Å². The van der Waals surface area contributed by atoms with Gasteiger partial charge in [0.25, 0.3) is 0 Å². The number of ether oxygens (including phenoxy) is 2. The van der Waals surface area contributed by atoms with Crippen LogP contribution in [0, 0.1) is 23.2 Å². The molecule has 5 aliphatic rings. The SMILES string of the molecule is C[C@]12CCC[C@@]3(CO3)[C@@H]1C[C@@H]1[C@@H](C2)OC(=O)[C@@H]1CN1CCC(O)(Cc2ccccc2)CC1. The molecular formula is C27H37NO4. The number of epoxide rings is 1. The summed E-state index contributed by atoms with van der Waals surface area (Å²) < 4.78 is 12.0. The summed E-state index contributed by atoms with van der Waals surface area (Å²) in [5.41, 5.74) is 0.915. The van der Waals surface area contributed by atoms with E-state index in [0.717, 1.165) is 51.9 Å². The van der Waals surface area contributed by atoms with Crippen LogP contribution in [0.25, 0.3) is 0 Å². The summed E-state index contributed by atoms with van der Waals surface area (Å²) in [7, 11) is 0. The van der Waals surface area contributed by atoms with Gasteiger partial charge in [-0.2, -0.15) is 0 Å². The van der Waals surface area contributed by atoms with E-state index in [1.54, 1.807) is 0 Å². The van der Waals surface area contributed by atoms with Crippen molar-refractivity contribution < 1.29 is 19.4 Å². The van der Waals surface area contributed by atoms with Crippen molar-refractivity contribution in [2.24, 2.45) is 23.2 Å². The van der Waals surface area contributed by atoms with E-state index in [2.05, 4.69) is 24.0 Å². The second-order valence-corrected chi connectivity index (χ2v) is 11.8. The fourth-order valence-electron chi connectivity index (χ4n) is 7.75. The number of esters is 1. The number of likely N-dealkylation sites (tertiary alicyclic amines) is 1. The molecule has 1 spiro atoms. The van der Waals surface area contributed by atoms with Gasteiger partial charge in [-0.15, -0.1) is 0 Å². The smallest absolute Gasteiger partial charge is 0.310 e. The van der Waals surface area contributed by atoms with Gasteiger partial charge >= 0.3 is 5.97 Å². The predicted molar refractivity (Wildman–Crippen MR) is 121 cm³/mol. The van der Waals surface area contributed by atoms with Crippen molar-refractivity contribution in [1.29, 1.82) is 0 Å². The molecule has 5 heteroatoms. The summed E-state index contributed by atoms with van der Waals surface area (Å²) in [6, 6.07) is 10.3. The average molecular weight is 440 g/mol. The topological polar surface area (TPSA) is 62.3 Å². The zero-order valence-corrected chi connectivity index (χ0v) is 19.3. The zero-order valence-electron chi connectivity index (χ0n) is 19.3. The Balaban J connectivity index is 1.10. The summed E-state index contributed by atoms with van der Waals surface area (Å²) in [6.45, 7) is 5.79.